The van der Waals surface area contributed by atoms with Gasteiger partial charge in [-0.05, 0) is 19.9 Å². The highest BCUT2D eigenvalue weighted by molar-refractivity contribution is 5.86. The Balaban J connectivity index is 3.72. The van der Waals surface area contributed by atoms with Crippen LogP contribution in [0.3, 0.4) is 0 Å². The number of aliphatic hydroxyl groups excluding tert-OH is 1. The molecule has 0 spiro atoms. The van der Waals surface area contributed by atoms with Gasteiger partial charge in [0, 0.05) is 5.57 Å². The third-order valence-electron chi connectivity index (χ3n) is 1.03. The minimum absolute atomic E-state index is 0.0413. The lowest BCUT2D eigenvalue weighted by Gasteiger charge is -2.01. The molecule has 11 heavy (non-hydrogen) atoms. The summed E-state index contributed by atoms with van der Waals surface area (Å²) in [7, 11) is 0. The number of carbonyl (C=O) groups is 1. The molecular formula is C8H12O3. The van der Waals surface area contributed by atoms with Crippen LogP contribution in [0, 0.1) is 0 Å². The Morgan fingerprint density at radius 2 is 2.27 bits per heavy atom. The van der Waals surface area contributed by atoms with Crippen molar-refractivity contribution >= 4 is 5.97 Å². The zero-order chi connectivity index (χ0) is 8.85. The Morgan fingerprint density at radius 3 is 2.64 bits per heavy atom. The van der Waals surface area contributed by atoms with Crippen LogP contribution in [-0.4, -0.2) is 17.7 Å². The molecule has 1 N–H and O–H groups in total. The zero-order valence-corrected chi connectivity index (χ0v) is 6.76. The van der Waals surface area contributed by atoms with Crippen LogP contribution < -0.4 is 0 Å². The summed E-state index contributed by atoms with van der Waals surface area (Å²) in [5.74, 6) is -0.446. The fourth-order valence-electron chi connectivity index (χ4n) is 0.346. The van der Waals surface area contributed by atoms with Gasteiger partial charge in [-0.2, -0.15) is 0 Å². The molecule has 0 saturated carbocycles. The van der Waals surface area contributed by atoms with Crippen molar-refractivity contribution in [2.24, 2.45) is 0 Å². The van der Waals surface area contributed by atoms with E-state index in [-0.39, 0.29) is 12.4 Å². The first-order chi connectivity index (χ1) is 5.07. The molecule has 0 amide bonds. The molecule has 0 rings (SSSR count). The van der Waals surface area contributed by atoms with Crippen molar-refractivity contribution in [3.8, 4) is 0 Å². The quantitative estimate of drug-likeness (QED) is 0.383. The maximum Gasteiger partial charge on any atom is 0.333 e. The molecular weight excluding hydrogens is 144 g/mol. The van der Waals surface area contributed by atoms with Crippen LogP contribution in [0.5, 0.6) is 0 Å². The normalized spacial score (nSPS) is 10.9. The lowest BCUT2D eigenvalue weighted by Crippen LogP contribution is -2.07. The van der Waals surface area contributed by atoms with Crippen LogP contribution in [0.15, 0.2) is 24.0 Å². The number of rotatable bonds is 3. The van der Waals surface area contributed by atoms with Gasteiger partial charge in [-0.25, -0.2) is 4.79 Å². The average Bonchev–Trinajstić information content (AvgIpc) is 1.99. The third kappa shape index (κ3) is 4.19. The maximum absolute atomic E-state index is 10.7. The number of ether oxygens (including phenoxy) is 1. The zero-order valence-electron chi connectivity index (χ0n) is 6.76. The highest BCUT2D eigenvalue weighted by atomic mass is 16.5. The number of allylic oxidation sites excluding steroid dienone is 1. The number of esters is 1. The highest BCUT2D eigenvalue weighted by Gasteiger charge is 2.02. The first kappa shape index (κ1) is 9.75. The van der Waals surface area contributed by atoms with E-state index in [0.717, 1.165) is 0 Å². The average molecular weight is 156 g/mol. The summed E-state index contributed by atoms with van der Waals surface area (Å²) in [5.41, 5.74) is 0.328. The molecule has 0 radical (unpaired) electrons. The van der Waals surface area contributed by atoms with Crippen LogP contribution in [0.4, 0.5) is 0 Å². The molecule has 0 aromatic rings. The van der Waals surface area contributed by atoms with Gasteiger partial charge in [0.25, 0.3) is 0 Å². The van der Waals surface area contributed by atoms with E-state index in [1.54, 1.807) is 13.8 Å². The molecule has 0 aliphatic rings. The van der Waals surface area contributed by atoms with Gasteiger partial charge in [0.1, 0.15) is 12.4 Å². The minimum atomic E-state index is -0.488. The lowest BCUT2D eigenvalue weighted by molar-refractivity contribution is -0.138. The van der Waals surface area contributed by atoms with Crippen LogP contribution in [0.25, 0.3) is 0 Å². The van der Waals surface area contributed by atoms with Crippen molar-refractivity contribution in [2.45, 2.75) is 13.8 Å². The SMILES string of the molecule is C=C(C)C(=O)OCC(O)=CC. The minimum Gasteiger partial charge on any atom is -0.509 e. The smallest absolute Gasteiger partial charge is 0.333 e. The summed E-state index contributed by atoms with van der Waals surface area (Å²) in [4.78, 5) is 10.7. The Hall–Kier alpha value is -1.25. The molecule has 0 aromatic carbocycles. The fraction of sp³-hybridized carbons (Fsp3) is 0.375. The number of carbonyl (C=O) groups excluding carboxylic acids is 1. The molecule has 0 heterocycles. The molecule has 3 nitrogen and oxygen atoms in total. The first-order valence-corrected chi connectivity index (χ1v) is 3.24. The third-order valence-corrected chi connectivity index (χ3v) is 1.03. The van der Waals surface area contributed by atoms with Crippen molar-refractivity contribution in [1.29, 1.82) is 0 Å². The van der Waals surface area contributed by atoms with E-state index >= 15 is 0 Å². The monoisotopic (exact) mass is 156 g/mol. The van der Waals surface area contributed by atoms with Gasteiger partial charge in [-0.3, -0.25) is 0 Å². The molecule has 3 heteroatoms. The second-order valence-electron chi connectivity index (χ2n) is 2.14. The van der Waals surface area contributed by atoms with Gasteiger partial charge in [0.15, 0.2) is 0 Å². The van der Waals surface area contributed by atoms with Crippen LogP contribution in [0.2, 0.25) is 0 Å². The van der Waals surface area contributed by atoms with E-state index in [1.165, 1.54) is 6.08 Å². The molecule has 62 valence electrons. The Morgan fingerprint density at radius 1 is 1.73 bits per heavy atom. The molecule has 0 bridgehead atoms. The molecule has 0 atom stereocenters. The Labute approximate surface area is 66.0 Å². The van der Waals surface area contributed by atoms with Crippen molar-refractivity contribution < 1.29 is 14.6 Å². The fourth-order valence-corrected chi connectivity index (χ4v) is 0.346. The van der Waals surface area contributed by atoms with E-state index in [0.29, 0.717) is 5.57 Å². The topological polar surface area (TPSA) is 46.5 Å². The van der Waals surface area contributed by atoms with Crippen molar-refractivity contribution in [2.75, 3.05) is 6.61 Å². The standard InChI is InChI=1S/C8H12O3/c1-4-7(9)5-11-8(10)6(2)3/h4,9H,2,5H2,1,3H3. The largest absolute Gasteiger partial charge is 0.509 e. The second kappa shape index (κ2) is 4.55. The summed E-state index contributed by atoms with van der Waals surface area (Å²) in [6.45, 7) is 6.51. The van der Waals surface area contributed by atoms with Crippen LogP contribution in [0.1, 0.15) is 13.8 Å². The van der Waals surface area contributed by atoms with E-state index in [9.17, 15) is 4.79 Å². The van der Waals surface area contributed by atoms with Gasteiger partial charge in [-0.1, -0.05) is 6.58 Å². The first-order valence-electron chi connectivity index (χ1n) is 3.24. The molecule has 0 aliphatic heterocycles. The summed E-state index contributed by atoms with van der Waals surface area (Å²) in [6, 6.07) is 0. The predicted octanol–water partition coefficient (Wildman–Crippen LogP) is 1.57. The maximum atomic E-state index is 10.7. The molecule has 0 unspecified atom stereocenters. The summed E-state index contributed by atoms with van der Waals surface area (Å²) >= 11 is 0. The molecule has 0 fully saturated rings. The van der Waals surface area contributed by atoms with Gasteiger partial charge in [-0.15, -0.1) is 0 Å². The van der Waals surface area contributed by atoms with Gasteiger partial charge in [0.05, 0.1) is 0 Å². The Kier molecular flexibility index (Phi) is 4.03. The van der Waals surface area contributed by atoms with Gasteiger partial charge in [0.2, 0.25) is 0 Å². The van der Waals surface area contributed by atoms with E-state index in [4.69, 9.17) is 5.11 Å². The van der Waals surface area contributed by atoms with Crippen LogP contribution >= 0.6 is 0 Å². The van der Waals surface area contributed by atoms with E-state index in [1.807, 2.05) is 0 Å². The summed E-state index contributed by atoms with van der Waals surface area (Å²) in [5, 5.41) is 8.84. The highest BCUT2D eigenvalue weighted by Crippen LogP contribution is 1.95. The number of hydrogen-bond donors (Lipinski definition) is 1. The second-order valence-corrected chi connectivity index (χ2v) is 2.14. The van der Waals surface area contributed by atoms with E-state index < -0.39 is 5.97 Å². The van der Waals surface area contributed by atoms with Crippen molar-refractivity contribution in [3.05, 3.63) is 24.0 Å². The molecule has 0 aromatic heterocycles. The summed E-state index contributed by atoms with van der Waals surface area (Å²) in [6.07, 6.45) is 1.46. The Bertz CT molecular complexity index is 192. The van der Waals surface area contributed by atoms with Crippen LogP contribution in [-0.2, 0) is 9.53 Å². The van der Waals surface area contributed by atoms with Crippen molar-refractivity contribution in [3.63, 3.8) is 0 Å². The lowest BCUT2D eigenvalue weighted by atomic mass is 10.4. The van der Waals surface area contributed by atoms with Crippen molar-refractivity contribution in [1.82, 2.24) is 0 Å². The van der Waals surface area contributed by atoms with E-state index in [2.05, 4.69) is 11.3 Å². The summed E-state index contributed by atoms with van der Waals surface area (Å²) < 4.78 is 4.60. The molecule has 0 saturated heterocycles. The van der Waals surface area contributed by atoms with Gasteiger partial charge < -0.3 is 9.84 Å². The number of hydrogen-bond acceptors (Lipinski definition) is 3. The van der Waals surface area contributed by atoms with Gasteiger partial charge >= 0.3 is 5.97 Å². The molecule has 0 aliphatic carbocycles. The number of aliphatic hydroxyl groups is 1. The predicted molar refractivity (Wildman–Crippen MR) is 42.2 cm³/mol.